The topological polar surface area (TPSA) is 63.3 Å². The molecule has 3 nitrogen and oxygen atoms in total. The Kier molecular flexibility index (Phi) is 9.94. The number of hydrogen-bond acceptors (Lipinski definition) is 3. The Morgan fingerprint density at radius 2 is 1.81 bits per heavy atom. The summed E-state index contributed by atoms with van der Waals surface area (Å²) in [5.41, 5.74) is 12.2. The second kappa shape index (κ2) is 12.0. The largest absolute Gasteiger partial charge is 0.395 e. The van der Waals surface area contributed by atoms with E-state index in [9.17, 15) is 9.90 Å². The van der Waals surface area contributed by atoms with E-state index in [1.165, 1.54) is 16.7 Å². The summed E-state index contributed by atoms with van der Waals surface area (Å²) >= 11 is 6.31. The van der Waals surface area contributed by atoms with Crippen molar-refractivity contribution in [1.29, 1.82) is 0 Å². The number of rotatable bonds is 11. The predicted molar refractivity (Wildman–Crippen MR) is 136 cm³/mol. The molecule has 3 N–H and O–H groups in total. The van der Waals surface area contributed by atoms with Crippen LogP contribution >= 0.6 is 11.6 Å². The Morgan fingerprint density at radius 1 is 1.12 bits per heavy atom. The monoisotopic (exact) mass is 457 g/mol. The van der Waals surface area contributed by atoms with Crippen LogP contribution in [0.2, 0.25) is 5.02 Å². The average molecular weight is 458 g/mol. The maximum Gasteiger partial charge on any atom is 0.137 e. The summed E-state index contributed by atoms with van der Waals surface area (Å²) in [6, 6.07) is 11.9. The molecule has 0 saturated heterocycles. The van der Waals surface area contributed by atoms with Crippen LogP contribution < -0.4 is 5.73 Å². The summed E-state index contributed by atoms with van der Waals surface area (Å²) in [7, 11) is 0. The summed E-state index contributed by atoms with van der Waals surface area (Å²) in [5.74, 6) is 0.451. The van der Waals surface area contributed by atoms with Crippen molar-refractivity contribution in [3.8, 4) is 0 Å². The third kappa shape index (κ3) is 8.03. The van der Waals surface area contributed by atoms with E-state index in [2.05, 4.69) is 45.9 Å². The minimum absolute atomic E-state index is 0.0307. The minimum Gasteiger partial charge on any atom is -0.395 e. The molecule has 0 bridgehead atoms. The van der Waals surface area contributed by atoms with Crippen LogP contribution in [0.25, 0.3) is 0 Å². The van der Waals surface area contributed by atoms with E-state index >= 15 is 0 Å². The zero-order valence-corrected chi connectivity index (χ0v) is 21.1. The van der Waals surface area contributed by atoms with E-state index in [0.29, 0.717) is 24.3 Å². The molecule has 0 amide bonds. The number of carbonyl (C=O) groups excluding carboxylic acids is 1. The van der Waals surface area contributed by atoms with E-state index in [0.717, 1.165) is 30.4 Å². The van der Waals surface area contributed by atoms with E-state index in [4.69, 9.17) is 17.3 Å². The first-order valence-electron chi connectivity index (χ1n) is 11.7. The van der Waals surface area contributed by atoms with Crippen molar-refractivity contribution >= 4 is 17.4 Å². The van der Waals surface area contributed by atoms with Gasteiger partial charge in [0.25, 0.3) is 0 Å². The summed E-state index contributed by atoms with van der Waals surface area (Å²) < 4.78 is 0. The molecule has 2 aromatic rings. The van der Waals surface area contributed by atoms with Gasteiger partial charge in [-0.15, -0.1) is 0 Å². The Labute approximate surface area is 199 Å². The molecule has 2 aromatic carbocycles. The van der Waals surface area contributed by atoms with Gasteiger partial charge in [0.2, 0.25) is 0 Å². The average Bonchev–Trinajstić information content (AvgIpc) is 2.73. The molecule has 32 heavy (non-hydrogen) atoms. The van der Waals surface area contributed by atoms with Gasteiger partial charge in [0.15, 0.2) is 0 Å². The van der Waals surface area contributed by atoms with Gasteiger partial charge in [0.1, 0.15) is 5.78 Å². The van der Waals surface area contributed by atoms with Crippen LogP contribution in [0.4, 0.5) is 0 Å². The highest BCUT2D eigenvalue weighted by Gasteiger charge is 2.19. The van der Waals surface area contributed by atoms with E-state index in [-0.39, 0.29) is 29.8 Å². The van der Waals surface area contributed by atoms with E-state index in [1.807, 2.05) is 25.1 Å². The number of nitrogens with two attached hydrogens (primary N) is 1. The van der Waals surface area contributed by atoms with Gasteiger partial charge >= 0.3 is 0 Å². The molecule has 0 aliphatic heterocycles. The van der Waals surface area contributed by atoms with E-state index in [1.54, 1.807) is 0 Å². The normalized spacial score (nSPS) is 13.8. The van der Waals surface area contributed by atoms with E-state index < -0.39 is 0 Å². The lowest BCUT2D eigenvalue weighted by molar-refractivity contribution is -0.118. The molecule has 0 heterocycles. The fourth-order valence-electron chi connectivity index (χ4n) is 4.14. The molecule has 0 aromatic heterocycles. The predicted octanol–water partition coefficient (Wildman–Crippen LogP) is 6.18. The number of benzene rings is 2. The van der Waals surface area contributed by atoms with Crippen molar-refractivity contribution in [2.45, 2.75) is 85.1 Å². The first-order chi connectivity index (χ1) is 15.0. The molecule has 0 saturated carbocycles. The molecule has 0 aliphatic carbocycles. The third-order valence-electron chi connectivity index (χ3n) is 6.27. The number of aryl methyl sites for hydroxylation is 2. The van der Waals surface area contributed by atoms with Crippen LogP contribution in [0.1, 0.15) is 80.7 Å². The second-order valence-corrected chi connectivity index (χ2v) is 10.8. The highest BCUT2D eigenvalue weighted by Crippen LogP contribution is 2.31. The Balaban J connectivity index is 2.15. The standard InChI is InChI=1S/C28H40ClNO2/c1-19-8-6-11-27(29)25(19)17-23(32)13-12-20(2)24-10-7-9-21(14-15-28(3,4)5)26(24)16-22(30)18-31/h6-11,20,22,31H,12-18,30H2,1-5H3/t20-,22-/m1/s1. The van der Waals surface area contributed by atoms with Crippen molar-refractivity contribution in [2.75, 3.05) is 6.61 Å². The van der Waals surface area contributed by atoms with Gasteiger partial charge in [-0.2, -0.15) is 0 Å². The molecular weight excluding hydrogens is 418 g/mol. The fraction of sp³-hybridized carbons (Fsp3) is 0.536. The fourth-order valence-corrected chi connectivity index (χ4v) is 4.43. The van der Waals surface area contributed by atoms with Crippen molar-refractivity contribution in [1.82, 2.24) is 0 Å². The van der Waals surface area contributed by atoms with Gasteiger partial charge in [-0.3, -0.25) is 4.79 Å². The quantitative estimate of drug-likeness (QED) is 0.423. The number of Topliss-reactive ketones (excluding diaryl/α,β-unsaturated/α-hetero) is 1. The molecule has 176 valence electrons. The molecule has 2 rings (SSSR count). The van der Waals surface area contributed by atoms with Crippen molar-refractivity contribution in [2.24, 2.45) is 11.1 Å². The maximum absolute atomic E-state index is 12.7. The SMILES string of the molecule is Cc1cccc(Cl)c1CC(=O)CC[C@@H](C)c1cccc(CCC(C)(C)C)c1C[C@@H](N)CO. The summed E-state index contributed by atoms with van der Waals surface area (Å²) in [6.07, 6.45) is 4.41. The third-order valence-corrected chi connectivity index (χ3v) is 6.62. The Bertz CT molecular complexity index is 881. The number of carbonyl (C=O) groups is 1. The van der Waals surface area contributed by atoms with Gasteiger partial charge in [0.05, 0.1) is 6.61 Å². The summed E-state index contributed by atoms with van der Waals surface area (Å²) in [6.45, 7) is 10.9. The smallest absolute Gasteiger partial charge is 0.137 e. The zero-order chi connectivity index (χ0) is 23.9. The summed E-state index contributed by atoms with van der Waals surface area (Å²) in [5, 5.41) is 10.2. The Hall–Kier alpha value is -1.68. The minimum atomic E-state index is -0.276. The van der Waals surface area contributed by atoms with Crippen molar-refractivity contribution < 1.29 is 9.90 Å². The first-order valence-corrected chi connectivity index (χ1v) is 12.1. The van der Waals surface area contributed by atoms with Gasteiger partial charge in [-0.25, -0.2) is 0 Å². The summed E-state index contributed by atoms with van der Waals surface area (Å²) in [4.78, 5) is 12.7. The van der Waals surface area contributed by atoms with Crippen LogP contribution in [0.5, 0.6) is 0 Å². The lowest BCUT2D eigenvalue weighted by Crippen LogP contribution is -2.28. The number of halogens is 1. The molecule has 4 heteroatoms. The molecule has 0 radical (unpaired) electrons. The van der Waals surface area contributed by atoms with Crippen LogP contribution in [-0.4, -0.2) is 23.5 Å². The maximum atomic E-state index is 12.7. The first kappa shape index (κ1) is 26.6. The van der Waals surface area contributed by atoms with Crippen LogP contribution in [0, 0.1) is 12.3 Å². The molecule has 0 fully saturated rings. The van der Waals surface area contributed by atoms with Gasteiger partial charge in [0, 0.05) is 23.9 Å². The van der Waals surface area contributed by atoms with Gasteiger partial charge < -0.3 is 10.8 Å². The number of ketones is 1. The lowest BCUT2D eigenvalue weighted by atomic mass is 9.82. The van der Waals surface area contributed by atoms with Gasteiger partial charge in [-0.05, 0) is 77.8 Å². The highest BCUT2D eigenvalue weighted by atomic mass is 35.5. The molecule has 0 spiro atoms. The number of aliphatic hydroxyl groups excluding tert-OH is 1. The highest BCUT2D eigenvalue weighted by molar-refractivity contribution is 6.31. The molecule has 0 aliphatic rings. The van der Waals surface area contributed by atoms with Crippen molar-refractivity contribution in [3.63, 3.8) is 0 Å². The molecule has 2 atom stereocenters. The molecular formula is C28H40ClNO2. The zero-order valence-electron chi connectivity index (χ0n) is 20.4. The molecule has 0 unspecified atom stereocenters. The van der Waals surface area contributed by atoms with Crippen LogP contribution in [0.15, 0.2) is 36.4 Å². The number of hydrogen-bond donors (Lipinski definition) is 2. The van der Waals surface area contributed by atoms with Crippen LogP contribution in [-0.2, 0) is 24.1 Å². The lowest BCUT2D eigenvalue weighted by Gasteiger charge is -2.24. The van der Waals surface area contributed by atoms with Crippen LogP contribution in [0.3, 0.4) is 0 Å². The second-order valence-electron chi connectivity index (χ2n) is 10.4. The van der Waals surface area contributed by atoms with Gasteiger partial charge in [-0.1, -0.05) is 69.6 Å². The van der Waals surface area contributed by atoms with Crippen molar-refractivity contribution in [3.05, 3.63) is 69.2 Å². The number of aliphatic hydroxyl groups is 1. The Morgan fingerprint density at radius 3 is 2.44 bits per heavy atom.